The molecule has 14 heavy (non-hydrogen) atoms. The van der Waals surface area contributed by atoms with Crippen LogP contribution in [-0.2, 0) is 0 Å². The van der Waals surface area contributed by atoms with E-state index in [0.29, 0.717) is 12.5 Å². The molecule has 74 valence electrons. The maximum atomic E-state index is 5.35. The van der Waals surface area contributed by atoms with Gasteiger partial charge in [-0.05, 0) is 23.6 Å². The first-order chi connectivity index (χ1) is 6.74. The second kappa shape index (κ2) is 5.47. The average Bonchev–Trinajstić information content (AvgIpc) is 2.19. The maximum absolute atomic E-state index is 5.35. The molecule has 1 heteroatoms. The SMILES string of the molecule is CC(C)c1ccc(C#CCCN)cc1. The van der Waals surface area contributed by atoms with E-state index in [0.717, 1.165) is 12.0 Å². The Balaban J connectivity index is 2.70. The standard InChI is InChI=1S/C13H17N/c1-11(2)13-8-6-12(7-9-13)5-3-4-10-14/h6-9,11H,4,10,14H2,1-2H3. The third-order valence-corrected chi connectivity index (χ3v) is 2.08. The summed E-state index contributed by atoms with van der Waals surface area (Å²) in [5, 5.41) is 0. The third kappa shape index (κ3) is 3.24. The van der Waals surface area contributed by atoms with Gasteiger partial charge < -0.3 is 5.73 Å². The van der Waals surface area contributed by atoms with Crippen molar-refractivity contribution in [3.05, 3.63) is 35.4 Å². The molecule has 0 saturated heterocycles. The Labute approximate surface area is 86.3 Å². The highest BCUT2D eigenvalue weighted by molar-refractivity contribution is 5.36. The normalized spacial score (nSPS) is 9.71. The predicted molar refractivity (Wildman–Crippen MR) is 61.1 cm³/mol. The van der Waals surface area contributed by atoms with Gasteiger partial charge in [-0.1, -0.05) is 37.8 Å². The zero-order valence-electron chi connectivity index (χ0n) is 8.88. The quantitative estimate of drug-likeness (QED) is 0.707. The van der Waals surface area contributed by atoms with Crippen LogP contribution < -0.4 is 5.73 Å². The summed E-state index contributed by atoms with van der Waals surface area (Å²) in [5.74, 6) is 6.69. The first-order valence-electron chi connectivity index (χ1n) is 5.03. The molecule has 1 aromatic carbocycles. The van der Waals surface area contributed by atoms with Crippen molar-refractivity contribution in [1.29, 1.82) is 0 Å². The molecule has 0 amide bonds. The summed E-state index contributed by atoms with van der Waals surface area (Å²) < 4.78 is 0. The van der Waals surface area contributed by atoms with Crippen molar-refractivity contribution in [3.8, 4) is 11.8 Å². The molecule has 0 spiro atoms. The van der Waals surface area contributed by atoms with Crippen molar-refractivity contribution >= 4 is 0 Å². The summed E-state index contributed by atoms with van der Waals surface area (Å²) in [4.78, 5) is 0. The molecule has 0 aliphatic heterocycles. The van der Waals surface area contributed by atoms with Gasteiger partial charge in [-0.15, -0.1) is 0 Å². The molecule has 1 rings (SSSR count). The van der Waals surface area contributed by atoms with Crippen LogP contribution in [0.3, 0.4) is 0 Å². The average molecular weight is 187 g/mol. The van der Waals surface area contributed by atoms with E-state index in [4.69, 9.17) is 5.73 Å². The molecule has 0 aliphatic rings. The molecule has 2 N–H and O–H groups in total. The molecule has 0 radical (unpaired) electrons. The number of hydrogen-bond acceptors (Lipinski definition) is 1. The Bertz CT molecular complexity index is 324. The highest BCUT2D eigenvalue weighted by Crippen LogP contribution is 2.13. The van der Waals surface area contributed by atoms with Gasteiger partial charge in [0, 0.05) is 18.5 Å². The molecule has 0 unspecified atom stereocenters. The van der Waals surface area contributed by atoms with E-state index in [2.05, 4.69) is 50.0 Å². The summed E-state index contributed by atoms with van der Waals surface area (Å²) in [6.45, 7) is 5.02. The summed E-state index contributed by atoms with van der Waals surface area (Å²) in [6.07, 6.45) is 0.770. The summed E-state index contributed by atoms with van der Waals surface area (Å²) in [6, 6.07) is 8.41. The lowest BCUT2D eigenvalue weighted by atomic mass is 10.0. The molecule has 0 atom stereocenters. The van der Waals surface area contributed by atoms with Crippen molar-refractivity contribution in [3.63, 3.8) is 0 Å². The van der Waals surface area contributed by atoms with Gasteiger partial charge in [0.2, 0.25) is 0 Å². The Hall–Kier alpha value is -1.26. The zero-order valence-corrected chi connectivity index (χ0v) is 8.88. The van der Waals surface area contributed by atoms with Crippen LogP contribution in [0.25, 0.3) is 0 Å². The van der Waals surface area contributed by atoms with E-state index >= 15 is 0 Å². The van der Waals surface area contributed by atoms with Gasteiger partial charge in [0.15, 0.2) is 0 Å². The van der Waals surface area contributed by atoms with Gasteiger partial charge in [0.05, 0.1) is 0 Å². The molecule has 0 fully saturated rings. The highest BCUT2D eigenvalue weighted by atomic mass is 14.5. The van der Waals surface area contributed by atoms with Crippen LogP contribution in [0.5, 0.6) is 0 Å². The van der Waals surface area contributed by atoms with Gasteiger partial charge in [-0.3, -0.25) is 0 Å². The molecule has 0 bridgehead atoms. The fourth-order valence-electron chi connectivity index (χ4n) is 1.19. The molecule has 0 aromatic heterocycles. The van der Waals surface area contributed by atoms with E-state index in [9.17, 15) is 0 Å². The molecule has 0 saturated carbocycles. The van der Waals surface area contributed by atoms with Crippen molar-refractivity contribution in [2.75, 3.05) is 6.54 Å². The molecule has 1 nitrogen and oxygen atoms in total. The fraction of sp³-hybridized carbons (Fsp3) is 0.385. The minimum Gasteiger partial charge on any atom is -0.330 e. The summed E-state index contributed by atoms with van der Waals surface area (Å²) in [5.41, 5.74) is 7.78. The predicted octanol–water partition coefficient (Wildman–Crippen LogP) is 2.51. The molecule has 0 heterocycles. The van der Waals surface area contributed by atoms with Crippen molar-refractivity contribution < 1.29 is 0 Å². The van der Waals surface area contributed by atoms with E-state index in [1.165, 1.54) is 5.56 Å². The van der Waals surface area contributed by atoms with Crippen LogP contribution in [0.1, 0.15) is 37.3 Å². The number of rotatable bonds is 2. The van der Waals surface area contributed by atoms with Crippen LogP contribution in [-0.4, -0.2) is 6.54 Å². The number of nitrogens with two attached hydrogens (primary N) is 1. The molecule has 1 aromatic rings. The smallest absolute Gasteiger partial charge is 0.0245 e. The van der Waals surface area contributed by atoms with Gasteiger partial charge >= 0.3 is 0 Å². The lowest BCUT2D eigenvalue weighted by Gasteiger charge is -2.03. The monoisotopic (exact) mass is 187 g/mol. The Kier molecular flexibility index (Phi) is 4.22. The topological polar surface area (TPSA) is 26.0 Å². The highest BCUT2D eigenvalue weighted by Gasteiger charge is 1.96. The van der Waals surface area contributed by atoms with E-state index in [1.54, 1.807) is 0 Å². The number of benzene rings is 1. The van der Waals surface area contributed by atoms with Gasteiger partial charge in [-0.25, -0.2) is 0 Å². The second-order valence-corrected chi connectivity index (χ2v) is 3.62. The third-order valence-electron chi connectivity index (χ3n) is 2.08. The van der Waals surface area contributed by atoms with Crippen molar-refractivity contribution in [1.82, 2.24) is 0 Å². The van der Waals surface area contributed by atoms with Crippen LogP contribution in [0, 0.1) is 11.8 Å². The number of hydrogen-bond donors (Lipinski definition) is 1. The Morgan fingerprint density at radius 2 is 1.86 bits per heavy atom. The fourth-order valence-corrected chi connectivity index (χ4v) is 1.19. The summed E-state index contributed by atoms with van der Waals surface area (Å²) in [7, 11) is 0. The zero-order chi connectivity index (χ0) is 10.4. The van der Waals surface area contributed by atoms with E-state index in [-0.39, 0.29) is 0 Å². The minimum atomic E-state index is 0.584. The van der Waals surface area contributed by atoms with Crippen LogP contribution in [0.4, 0.5) is 0 Å². The first kappa shape index (κ1) is 10.8. The van der Waals surface area contributed by atoms with Crippen LogP contribution in [0.15, 0.2) is 24.3 Å². The van der Waals surface area contributed by atoms with E-state index in [1.807, 2.05) is 0 Å². The second-order valence-electron chi connectivity index (χ2n) is 3.62. The Morgan fingerprint density at radius 1 is 1.21 bits per heavy atom. The maximum Gasteiger partial charge on any atom is 0.0245 e. The summed E-state index contributed by atoms with van der Waals surface area (Å²) >= 11 is 0. The van der Waals surface area contributed by atoms with Crippen molar-refractivity contribution in [2.45, 2.75) is 26.2 Å². The molecule has 0 aliphatic carbocycles. The largest absolute Gasteiger partial charge is 0.330 e. The molecular formula is C13H17N. The first-order valence-corrected chi connectivity index (χ1v) is 5.03. The van der Waals surface area contributed by atoms with Gasteiger partial charge in [-0.2, -0.15) is 0 Å². The van der Waals surface area contributed by atoms with E-state index < -0.39 is 0 Å². The van der Waals surface area contributed by atoms with Gasteiger partial charge in [0.25, 0.3) is 0 Å². The Morgan fingerprint density at radius 3 is 2.36 bits per heavy atom. The van der Waals surface area contributed by atoms with Crippen molar-refractivity contribution in [2.24, 2.45) is 5.73 Å². The molecular weight excluding hydrogens is 170 g/mol. The van der Waals surface area contributed by atoms with Gasteiger partial charge in [0.1, 0.15) is 0 Å². The minimum absolute atomic E-state index is 0.584. The van der Waals surface area contributed by atoms with Crippen LogP contribution in [0.2, 0.25) is 0 Å². The van der Waals surface area contributed by atoms with Crippen LogP contribution >= 0.6 is 0 Å². The lowest BCUT2D eigenvalue weighted by molar-refractivity contribution is 0.866. The lowest BCUT2D eigenvalue weighted by Crippen LogP contribution is -1.95.